The number of nitrogen functional groups attached to an aromatic ring is 1. The van der Waals surface area contributed by atoms with E-state index in [1.54, 1.807) is 12.1 Å². The minimum atomic E-state index is 0.420. The summed E-state index contributed by atoms with van der Waals surface area (Å²) in [6.07, 6.45) is 0. The maximum Gasteiger partial charge on any atom is 0.205 e. The molecule has 0 radical (unpaired) electrons. The molecule has 0 heterocycles. The predicted octanol–water partition coefficient (Wildman–Crippen LogP) is 2.78. The Morgan fingerprint density at radius 2 is 2.18 bits per heavy atom. The van der Waals surface area contributed by atoms with Crippen molar-refractivity contribution in [1.29, 1.82) is 0 Å². The Morgan fingerprint density at radius 1 is 1.55 bits per heavy atom. The van der Waals surface area contributed by atoms with Crippen LogP contribution in [0.4, 0.5) is 11.4 Å². The highest BCUT2D eigenvalue weighted by Gasteiger charge is 2.01. The highest BCUT2D eigenvalue weighted by molar-refractivity contribution is 6.33. The van der Waals surface area contributed by atoms with Crippen molar-refractivity contribution in [1.82, 2.24) is 0 Å². The first-order valence-electron chi connectivity index (χ1n) is 3.08. The summed E-state index contributed by atoms with van der Waals surface area (Å²) in [6, 6.07) is 3.29. The summed E-state index contributed by atoms with van der Waals surface area (Å²) in [6.45, 7) is 8.60. The predicted molar refractivity (Wildman–Crippen MR) is 46.9 cm³/mol. The molecule has 0 bridgehead atoms. The standard InChI is InChI=1S/C8H7ClN2/c1-5-3-8(11-2)6(9)4-7(5)10/h3-4H,10H2,1H3. The smallest absolute Gasteiger partial charge is 0.205 e. The summed E-state index contributed by atoms with van der Waals surface area (Å²) in [5.41, 5.74) is 7.53. The minimum Gasteiger partial charge on any atom is -0.399 e. The number of nitrogens with two attached hydrogens (primary N) is 1. The van der Waals surface area contributed by atoms with Crippen molar-refractivity contribution in [2.75, 3.05) is 5.73 Å². The van der Waals surface area contributed by atoms with E-state index in [0.717, 1.165) is 5.56 Å². The molecule has 1 aromatic carbocycles. The van der Waals surface area contributed by atoms with Crippen LogP contribution < -0.4 is 5.73 Å². The van der Waals surface area contributed by atoms with Crippen molar-refractivity contribution < 1.29 is 0 Å². The summed E-state index contributed by atoms with van der Waals surface area (Å²) < 4.78 is 0. The zero-order chi connectivity index (χ0) is 8.43. The molecule has 11 heavy (non-hydrogen) atoms. The topological polar surface area (TPSA) is 30.4 Å². The number of hydrogen-bond donors (Lipinski definition) is 1. The van der Waals surface area contributed by atoms with E-state index in [1.165, 1.54) is 0 Å². The van der Waals surface area contributed by atoms with Gasteiger partial charge in [0.05, 0.1) is 6.57 Å². The summed E-state index contributed by atoms with van der Waals surface area (Å²) in [4.78, 5) is 3.23. The number of aryl methyl sites for hydroxylation is 1. The maximum absolute atomic E-state index is 6.75. The molecule has 0 fully saturated rings. The molecule has 0 spiro atoms. The molecule has 0 aliphatic rings. The van der Waals surface area contributed by atoms with E-state index < -0.39 is 0 Å². The zero-order valence-corrected chi connectivity index (χ0v) is 6.81. The first-order chi connectivity index (χ1) is 5.15. The minimum absolute atomic E-state index is 0.420. The molecule has 0 atom stereocenters. The van der Waals surface area contributed by atoms with Crippen molar-refractivity contribution in [2.45, 2.75) is 6.92 Å². The molecule has 0 unspecified atom stereocenters. The number of anilines is 1. The van der Waals surface area contributed by atoms with Crippen molar-refractivity contribution in [3.63, 3.8) is 0 Å². The molecule has 2 nitrogen and oxygen atoms in total. The number of halogens is 1. The largest absolute Gasteiger partial charge is 0.399 e. The average Bonchev–Trinajstić information content (AvgIpc) is 1.97. The maximum atomic E-state index is 6.75. The van der Waals surface area contributed by atoms with Crippen LogP contribution in [0, 0.1) is 13.5 Å². The Balaban J connectivity index is 3.35. The Kier molecular flexibility index (Phi) is 2.02. The lowest BCUT2D eigenvalue weighted by Crippen LogP contribution is -1.87. The zero-order valence-electron chi connectivity index (χ0n) is 6.06. The van der Waals surface area contributed by atoms with Crippen LogP contribution in [0.3, 0.4) is 0 Å². The lowest BCUT2D eigenvalue weighted by atomic mass is 10.2. The van der Waals surface area contributed by atoms with Gasteiger partial charge in [-0.2, -0.15) is 0 Å². The Hall–Kier alpha value is -1.20. The first-order valence-corrected chi connectivity index (χ1v) is 3.46. The molecular weight excluding hydrogens is 160 g/mol. The van der Waals surface area contributed by atoms with E-state index in [0.29, 0.717) is 16.4 Å². The fraction of sp³-hybridized carbons (Fsp3) is 0.125. The Bertz CT molecular complexity index is 326. The van der Waals surface area contributed by atoms with Gasteiger partial charge in [-0.15, -0.1) is 0 Å². The van der Waals surface area contributed by atoms with E-state index in [4.69, 9.17) is 23.9 Å². The molecule has 0 aromatic heterocycles. The van der Waals surface area contributed by atoms with E-state index in [-0.39, 0.29) is 0 Å². The lowest BCUT2D eigenvalue weighted by Gasteiger charge is -2.01. The fourth-order valence-corrected chi connectivity index (χ4v) is 0.982. The summed E-state index contributed by atoms with van der Waals surface area (Å²) in [7, 11) is 0. The summed E-state index contributed by atoms with van der Waals surface area (Å²) in [5.74, 6) is 0. The normalized spacial score (nSPS) is 9.18. The molecule has 1 aromatic rings. The van der Waals surface area contributed by atoms with Crippen molar-refractivity contribution >= 4 is 23.0 Å². The second-order valence-corrected chi connectivity index (χ2v) is 2.68. The second-order valence-electron chi connectivity index (χ2n) is 2.27. The van der Waals surface area contributed by atoms with Crippen LogP contribution in [0.25, 0.3) is 4.85 Å². The van der Waals surface area contributed by atoms with Gasteiger partial charge in [-0.1, -0.05) is 17.7 Å². The van der Waals surface area contributed by atoms with E-state index >= 15 is 0 Å². The van der Waals surface area contributed by atoms with Gasteiger partial charge >= 0.3 is 0 Å². The summed E-state index contributed by atoms with van der Waals surface area (Å²) >= 11 is 5.71. The van der Waals surface area contributed by atoms with Crippen LogP contribution >= 0.6 is 11.6 Å². The molecule has 56 valence electrons. The highest BCUT2D eigenvalue weighted by Crippen LogP contribution is 2.29. The van der Waals surface area contributed by atoms with Gasteiger partial charge in [0, 0.05) is 10.7 Å². The van der Waals surface area contributed by atoms with Crippen LogP contribution in [0.2, 0.25) is 5.02 Å². The fourth-order valence-electron chi connectivity index (χ4n) is 0.767. The monoisotopic (exact) mass is 166 g/mol. The SMILES string of the molecule is [C-]#[N+]c1cc(C)c(N)cc1Cl. The Morgan fingerprint density at radius 3 is 2.73 bits per heavy atom. The van der Waals surface area contributed by atoms with Crippen LogP contribution in [0.5, 0.6) is 0 Å². The summed E-state index contributed by atoms with van der Waals surface area (Å²) in [5, 5.41) is 0.420. The number of hydrogen-bond acceptors (Lipinski definition) is 1. The molecule has 0 amide bonds. The quantitative estimate of drug-likeness (QED) is 0.466. The van der Waals surface area contributed by atoms with Crippen molar-refractivity contribution in [3.05, 3.63) is 34.1 Å². The van der Waals surface area contributed by atoms with Gasteiger partial charge in [0.1, 0.15) is 0 Å². The third-order valence-electron chi connectivity index (χ3n) is 1.46. The molecule has 0 aliphatic heterocycles. The van der Waals surface area contributed by atoms with E-state index in [2.05, 4.69) is 4.85 Å². The van der Waals surface area contributed by atoms with Gasteiger partial charge in [0.15, 0.2) is 0 Å². The van der Waals surface area contributed by atoms with Gasteiger partial charge in [0.2, 0.25) is 5.69 Å². The molecular formula is C8H7ClN2. The molecule has 2 N–H and O–H groups in total. The van der Waals surface area contributed by atoms with Crippen LogP contribution in [0.15, 0.2) is 12.1 Å². The van der Waals surface area contributed by atoms with Gasteiger partial charge in [0.25, 0.3) is 0 Å². The van der Waals surface area contributed by atoms with Crippen LogP contribution in [0.1, 0.15) is 5.56 Å². The lowest BCUT2D eigenvalue weighted by molar-refractivity contribution is 1.48. The third kappa shape index (κ3) is 1.44. The molecule has 0 saturated carbocycles. The number of rotatable bonds is 0. The second kappa shape index (κ2) is 2.81. The van der Waals surface area contributed by atoms with Gasteiger partial charge < -0.3 is 5.73 Å². The van der Waals surface area contributed by atoms with Gasteiger partial charge in [-0.3, -0.25) is 0 Å². The number of nitrogens with zero attached hydrogens (tertiary/aromatic N) is 1. The van der Waals surface area contributed by atoms with E-state index in [1.807, 2.05) is 6.92 Å². The van der Waals surface area contributed by atoms with Crippen LogP contribution in [-0.2, 0) is 0 Å². The van der Waals surface area contributed by atoms with Gasteiger partial charge in [-0.05, 0) is 18.6 Å². The molecule has 0 aliphatic carbocycles. The first kappa shape index (κ1) is 7.90. The third-order valence-corrected chi connectivity index (χ3v) is 1.76. The molecule has 1 rings (SSSR count). The van der Waals surface area contributed by atoms with Crippen molar-refractivity contribution in [3.8, 4) is 0 Å². The molecule has 3 heteroatoms. The van der Waals surface area contributed by atoms with Crippen LogP contribution in [-0.4, -0.2) is 0 Å². The van der Waals surface area contributed by atoms with Gasteiger partial charge in [-0.25, -0.2) is 4.85 Å². The molecule has 0 saturated heterocycles. The van der Waals surface area contributed by atoms with Crippen molar-refractivity contribution in [2.24, 2.45) is 0 Å². The van der Waals surface area contributed by atoms with E-state index in [9.17, 15) is 0 Å². The number of benzene rings is 1. The Labute approximate surface area is 70.4 Å². The average molecular weight is 167 g/mol. The highest BCUT2D eigenvalue weighted by atomic mass is 35.5.